The Kier molecular flexibility index (Phi) is 5.70. The SMILES string of the molecule is C=COC(=O)CC(O)(CC(=O)OC(C)=O)C(=O)O. The van der Waals surface area contributed by atoms with E-state index in [1.54, 1.807) is 0 Å². The molecule has 8 heteroatoms. The van der Waals surface area contributed by atoms with Crippen LogP contribution in [-0.4, -0.2) is 39.7 Å². The first-order valence-corrected chi connectivity index (χ1v) is 4.68. The van der Waals surface area contributed by atoms with Crippen LogP contribution in [0.1, 0.15) is 19.8 Å². The first-order valence-electron chi connectivity index (χ1n) is 4.68. The first-order chi connectivity index (χ1) is 8.21. The number of aliphatic carboxylic acids is 1. The molecule has 2 N–H and O–H groups in total. The van der Waals surface area contributed by atoms with Crippen LogP contribution in [0.5, 0.6) is 0 Å². The molecule has 0 rings (SSSR count). The summed E-state index contributed by atoms with van der Waals surface area (Å²) in [6, 6.07) is 0. The number of carbonyl (C=O) groups excluding carboxylic acids is 3. The molecule has 0 saturated heterocycles. The van der Waals surface area contributed by atoms with Crippen LogP contribution in [-0.2, 0) is 28.7 Å². The molecule has 0 aliphatic rings. The topological polar surface area (TPSA) is 127 Å². The van der Waals surface area contributed by atoms with Crippen LogP contribution in [0.15, 0.2) is 12.8 Å². The van der Waals surface area contributed by atoms with E-state index in [2.05, 4.69) is 16.1 Å². The van der Waals surface area contributed by atoms with E-state index in [9.17, 15) is 24.3 Å². The normalized spacial score (nSPS) is 13.0. The third-order valence-electron chi connectivity index (χ3n) is 1.74. The molecule has 1 atom stereocenters. The molecule has 1 unspecified atom stereocenters. The number of aliphatic hydroxyl groups is 1. The molecule has 0 radical (unpaired) electrons. The second kappa shape index (κ2) is 6.50. The Morgan fingerprint density at radius 3 is 2.11 bits per heavy atom. The van der Waals surface area contributed by atoms with Gasteiger partial charge in [0.05, 0.1) is 19.1 Å². The summed E-state index contributed by atoms with van der Waals surface area (Å²) in [4.78, 5) is 43.4. The van der Waals surface area contributed by atoms with Crippen molar-refractivity contribution in [2.24, 2.45) is 0 Å². The average molecular weight is 260 g/mol. The molecule has 8 nitrogen and oxygen atoms in total. The van der Waals surface area contributed by atoms with Crippen LogP contribution < -0.4 is 0 Å². The molecular weight excluding hydrogens is 248 g/mol. The van der Waals surface area contributed by atoms with Gasteiger partial charge in [-0.3, -0.25) is 14.4 Å². The van der Waals surface area contributed by atoms with Crippen molar-refractivity contribution < 1.29 is 38.9 Å². The van der Waals surface area contributed by atoms with Crippen molar-refractivity contribution in [2.75, 3.05) is 0 Å². The quantitative estimate of drug-likeness (QED) is 0.366. The standard InChI is InChI=1S/C10H12O8/c1-3-17-7(12)4-10(16,9(14)15)5-8(13)18-6(2)11/h3,16H,1,4-5H2,2H3,(H,14,15). The van der Waals surface area contributed by atoms with Crippen LogP contribution in [0, 0.1) is 0 Å². The maximum absolute atomic E-state index is 11.1. The predicted molar refractivity (Wildman–Crippen MR) is 54.9 cm³/mol. The Morgan fingerprint density at radius 1 is 1.22 bits per heavy atom. The summed E-state index contributed by atoms with van der Waals surface area (Å²) >= 11 is 0. The van der Waals surface area contributed by atoms with Gasteiger partial charge in [-0.25, -0.2) is 4.79 Å². The molecule has 0 spiro atoms. The zero-order valence-corrected chi connectivity index (χ0v) is 9.54. The number of carboxylic acids is 1. The van der Waals surface area contributed by atoms with Gasteiger partial charge >= 0.3 is 23.9 Å². The maximum atomic E-state index is 11.1. The van der Waals surface area contributed by atoms with Crippen molar-refractivity contribution >= 4 is 23.9 Å². The number of hydrogen-bond donors (Lipinski definition) is 2. The van der Waals surface area contributed by atoms with Crippen LogP contribution in [0.4, 0.5) is 0 Å². The third kappa shape index (κ3) is 5.21. The summed E-state index contributed by atoms with van der Waals surface area (Å²) in [5.74, 6) is -5.13. The minimum Gasteiger partial charge on any atom is -0.479 e. The Labute approximate surface area is 102 Å². The minimum absolute atomic E-state index is 0.749. The molecule has 0 aliphatic carbocycles. The van der Waals surface area contributed by atoms with Crippen LogP contribution in [0.3, 0.4) is 0 Å². The number of rotatable bonds is 6. The highest BCUT2D eigenvalue weighted by Gasteiger charge is 2.42. The van der Waals surface area contributed by atoms with Crippen molar-refractivity contribution in [2.45, 2.75) is 25.4 Å². The number of esters is 3. The zero-order chi connectivity index (χ0) is 14.3. The molecule has 100 valence electrons. The Bertz CT molecular complexity index is 385. The fourth-order valence-electron chi connectivity index (χ4n) is 1.02. The lowest BCUT2D eigenvalue weighted by Gasteiger charge is -2.20. The summed E-state index contributed by atoms with van der Waals surface area (Å²) in [5, 5.41) is 18.4. The number of carboxylic acid groups (broad SMARTS) is 1. The number of carbonyl (C=O) groups is 4. The maximum Gasteiger partial charge on any atom is 0.336 e. The molecular formula is C10H12O8. The molecule has 0 aromatic rings. The smallest absolute Gasteiger partial charge is 0.336 e. The molecule has 0 heterocycles. The Morgan fingerprint density at radius 2 is 1.72 bits per heavy atom. The molecule has 0 aliphatic heterocycles. The van der Waals surface area contributed by atoms with Gasteiger partial charge < -0.3 is 19.7 Å². The average Bonchev–Trinajstić information content (AvgIpc) is 2.15. The van der Waals surface area contributed by atoms with Crippen LogP contribution >= 0.6 is 0 Å². The summed E-state index contributed by atoms with van der Waals surface area (Å²) in [5.41, 5.74) is -2.70. The van der Waals surface area contributed by atoms with Gasteiger partial charge in [0.2, 0.25) is 0 Å². The number of hydrogen-bond acceptors (Lipinski definition) is 7. The van der Waals surface area contributed by atoms with E-state index in [4.69, 9.17) is 5.11 Å². The second-order valence-electron chi connectivity index (χ2n) is 3.31. The van der Waals surface area contributed by atoms with Crippen LogP contribution in [0.2, 0.25) is 0 Å². The lowest BCUT2D eigenvalue weighted by Crippen LogP contribution is -2.43. The van der Waals surface area contributed by atoms with E-state index in [1.165, 1.54) is 0 Å². The van der Waals surface area contributed by atoms with Crippen molar-refractivity contribution in [1.29, 1.82) is 0 Å². The third-order valence-corrected chi connectivity index (χ3v) is 1.74. The zero-order valence-electron chi connectivity index (χ0n) is 9.54. The molecule has 0 saturated carbocycles. The largest absolute Gasteiger partial charge is 0.479 e. The molecule has 0 aromatic carbocycles. The molecule has 0 bridgehead atoms. The van der Waals surface area contributed by atoms with E-state index >= 15 is 0 Å². The Hall–Kier alpha value is -2.22. The molecule has 0 fully saturated rings. The van der Waals surface area contributed by atoms with Crippen molar-refractivity contribution in [1.82, 2.24) is 0 Å². The number of ether oxygens (including phenoxy) is 2. The van der Waals surface area contributed by atoms with Crippen molar-refractivity contribution in [3.05, 3.63) is 12.8 Å². The van der Waals surface area contributed by atoms with Crippen molar-refractivity contribution in [3.63, 3.8) is 0 Å². The van der Waals surface area contributed by atoms with Gasteiger partial charge in [0.25, 0.3) is 0 Å². The van der Waals surface area contributed by atoms with Crippen LogP contribution in [0.25, 0.3) is 0 Å². The van der Waals surface area contributed by atoms with Gasteiger partial charge in [0.15, 0.2) is 5.60 Å². The summed E-state index contributed by atoms with van der Waals surface area (Å²) in [6.07, 6.45) is -1.30. The van der Waals surface area contributed by atoms with Gasteiger partial charge in [-0.15, -0.1) is 0 Å². The van der Waals surface area contributed by atoms with E-state index in [0.717, 1.165) is 13.2 Å². The highest BCUT2D eigenvalue weighted by molar-refractivity contribution is 5.92. The fraction of sp³-hybridized carbons (Fsp3) is 0.400. The monoisotopic (exact) mass is 260 g/mol. The lowest BCUT2D eigenvalue weighted by atomic mass is 9.96. The van der Waals surface area contributed by atoms with Gasteiger partial charge in [0, 0.05) is 6.92 Å². The lowest BCUT2D eigenvalue weighted by molar-refractivity contribution is -0.174. The van der Waals surface area contributed by atoms with Gasteiger partial charge in [0.1, 0.15) is 0 Å². The minimum atomic E-state index is -2.70. The van der Waals surface area contributed by atoms with E-state index in [0.29, 0.717) is 0 Å². The Balaban J connectivity index is 4.77. The van der Waals surface area contributed by atoms with E-state index < -0.39 is 42.3 Å². The summed E-state index contributed by atoms with van der Waals surface area (Å²) in [6.45, 7) is 4.00. The predicted octanol–water partition coefficient (Wildman–Crippen LogP) is -0.641. The van der Waals surface area contributed by atoms with Crippen molar-refractivity contribution in [3.8, 4) is 0 Å². The van der Waals surface area contributed by atoms with E-state index in [-0.39, 0.29) is 0 Å². The fourth-order valence-corrected chi connectivity index (χ4v) is 1.02. The summed E-state index contributed by atoms with van der Waals surface area (Å²) < 4.78 is 8.30. The van der Waals surface area contributed by atoms with Gasteiger partial charge in [-0.1, -0.05) is 6.58 Å². The summed E-state index contributed by atoms with van der Waals surface area (Å²) in [7, 11) is 0. The van der Waals surface area contributed by atoms with Gasteiger partial charge in [-0.2, -0.15) is 0 Å². The highest BCUT2D eigenvalue weighted by atomic mass is 16.6. The van der Waals surface area contributed by atoms with Gasteiger partial charge in [-0.05, 0) is 0 Å². The molecule has 0 amide bonds. The molecule has 18 heavy (non-hydrogen) atoms. The second-order valence-corrected chi connectivity index (χ2v) is 3.31. The molecule has 0 aromatic heterocycles. The first kappa shape index (κ1) is 15.8. The van der Waals surface area contributed by atoms with E-state index in [1.807, 2.05) is 0 Å². The highest BCUT2D eigenvalue weighted by Crippen LogP contribution is 2.18.